The largest absolute Gasteiger partial charge is 0.488 e. The lowest BCUT2D eigenvalue weighted by atomic mass is 10.1. The maximum Gasteiger partial charge on any atom is 0.357 e. The molecule has 5 heteroatoms. The number of rotatable bonds is 5. The van der Waals surface area contributed by atoms with Gasteiger partial charge in [0.05, 0.1) is 12.7 Å². The minimum absolute atomic E-state index is 0.0423. The monoisotopic (exact) mass is 334 g/mol. The minimum Gasteiger partial charge on any atom is -0.488 e. The van der Waals surface area contributed by atoms with Gasteiger partial charge < -0.3 is 14.2 Å². The second-order valence-corrected chi connectivity index (χ2v) is 5.35. The second-order valence-electron chi connectivity index (χ2n) is 5.01. The average molecular weight is 334 g/mol. The SMILES string of the molecule is CCc1ccc(OCc2c(F)cccc2OC(=S)OC)c(C)c1. The summed E-state index contributed by atoms with van der Waals surface area (Å²) in [4.78, 5) is 0. The smallest absolute Gasteiger partial charge is 0.357 e. The number of ether oxygens (including phenoxy) is 3. The number of thiocarbonyl (C=S) groups is 1. The fraction of sp³-hybridized carbons (Fsp3) is 0.278. The summed E-state index contributed by atoms with van der Waals surface area (Å²) in [5, 5.41) is -0.0691. The first-order chi connectivity index (χ1) is 11.0. The standard InChI is InChI=1S/C18H19FO3S/c1-4-13-8-9-16(12(2)10-13)21-11-14-15(19)6-5-7-17(14)22-18(23)20-3/h5-10H,4,11H2,1-3H3. The average Bonchev–Trinajstić information content (AvgIpc) is 2.55. The Hall–Kier alpha value is -2.14. The Balaban J connectivity index is 2.18. The van der Waals surface area contributed by atoms with Crippen molar-refractivity contribution in [2.75, 3.05) is 7.11 Å². The Bertz CT molecular complexity index is 701. The predicted octanol–water partition coefficient (Wildman–Crippen LogP) is 4.59. The first kappa shape index (κ1) is 17.2. The van der Waals surface area contributed by atoms with E-state index in [2.05, 4.69) is 13.0 Å². The quantitative estimate of drug-likeness (QED) is 0.748. The van der Waals surface area contributed by atoms with Gasteiger partial charge in [0.25, 0.3) is 0 Å². The van der Waals surface area contributed by atoms with Crippen molar-refractivity contribution in [1.82, 2.24) is 0 Å². The molecule has 2 rings (SSSR count). The molecule has 2 aromatic carbocycles. The molecule has 3 nitrogen and oxygen atoms in total. The van der Waals surface area contributed by atoms with Crippen LogP contribution in [0.4, 0.5) is 4.39 Å². The lowest BCUT2D eigenvalue weighted by Gasteiger charge is -2.14. The molecule has 0 aliphatic carbocycles. The molecule has 0 bridgehead atoms. The topological polar surface area (TPSA) is 27.7 Å². The van der Waals surface area contributed by atoms with Crippen LogP contribution in [-0.4, -0.2) is 12.3 Å². The number of halogens is 1. The van der Waals surface area contributed by atoms with Gasteiger partial charge in [-0.3, -0.25) is 0 Å². The number of methoxy groups -OCH3 is 1. The molecule has 2 aromatic rings. The molecule has 0 fully saturated rings. The minimum atomic E-state index is -0.413. The third-order valence-electron chi connectivity index (χ3n) is 3.46. The van der Waals surface area contributed by atoms with Gasteiger partial charge in [-0.05, 0) is 42.7 Å². The van der Waals surface area contributed by atoms with E-state index in [0.29, 0.717) is 17.1 Å². The fourth-order valence-corrected chi connectivity index (χ4v) is 2.24. The van der Waals surface area contributed by atoms with Gasteiger partial charge in [0.1, 0.15) is 23.9 Å². The predicted molar refractivity (Wildman–Crippen MR) is 91.5 cm³/mol. The van der Waals surface area contributed by atoms with E-state index in [1.54, 1.807) is 12.1 Å². The van der Waals surface area contributed by atoms with E-state index >= 15 is 0 Å². The van der Waals surface area contributed by atoms with Crippen LogP contribution in [0.2, 0.25) is 0 Å². The number of hydrogen-bond acceptors (Lipinski definition) is 4. The summed E-state index contributed by atoms with van der Waals surface area (Å²) in [6.45, 7) is 4.10. The lowest BCUT2D eigenvalue weighted by Crippen LogP contribution is -2.10. The first-order valence-corrected chi connectivity index (χ1v) is 7.71. The summed E-state index contributed by atoms with van der Waals surface area (Å²) in [7, 11) is 1.40. The fourth-order valence-electron chi connectivity index (χ4n) is 2.15. The van der Waals surface area contributed by atoms with Crippen molar-refractivity contribution >= 4 is 17.5 Å². The van der Waals surface area contributed by atoms with Gasteiger partial charge in [-0.25, -0.2) is 4.39 Å². The first-order valence-electron chi connectivity index (χ1n) is 7.30. The van der Waals surface area contributed by atoms with Gasteiger partial charge in [-0.1, -0.05) is 25.1 Å². The molecule has 0 atom stereocenters. The molecule has 0 aliphatic rings. The molecule has 0 unspecified atom stereocenters. The molecule has 0 radical (unpaired) electrons. The zero-order valence-electron chi connectivity index (χ0n) is 13.4. The zero-order valence-corrected chi connectivity index (χ0v) is 14.2. The zero-order chi connectivity index (χ0) is 16.8. The highest BCUT2D eigenvalue weighted by atomic mass is 32.1. The van der Waals surface area contributed by atoms with Gasteiger partial charge in [-0.2, -0.15) is 0 Å². The molecule has 0 spiro atoms. The lowest BCUT2D eigenvalue weighted by molar-refractivity contribution is 0.282. The third kappa shape index (κ3) is 4.42. The van der Waals surface area contributed by atoms with Crippen LogP contribution in [0.1, 0.15) is 23.6 Å². The van der Waals surface area contributed by atoms with Crippen molar-refractivity contribution in [3.63, 3.8) is 0 Å². The maximum atomic E-state index is 14.1. The van der Waals surface area contributed by atoms with E-state index in [9.17, 15) is 4.39 Å². The molecule has 0 heterocycles. The van der Waals surface area contributed by atoms with Crippen molar-refractivity contribution in [2.24, 2.45) is 0 Å². The highest BCUT2D eigenvalue weighted by Crippen LogP contribution is 2.26. The maximum absolute atomic E-state index is 14.1. The molecule has 0 saturated heterocycles. The molecular formula is C18H19FO3S. The number of benzene rings is 2. The Morgan fingerprint density at radius 2 is 1.96 bits per heavy atom. The van der Waals surface area contributed by atoms with E-state index < -0.39 is 5.82 Å². The normalized spacial score (nSPS) is 10.3. The van der Waals surface area contributed by atoms with Crippen LogP contribution in [0.15, 0.2) is 36.4 Å². The summed E-state index contributed by atoms with van der Waals surface area (Å²) in [5.41, 5.74) is 2.54. The molecule has 0 aromatic heterocycles. The van der Waals surface area contributed by atoms with Crippen LogP contribution in [0, 0.1) is 12.7 Å². The molecule has 0 amide bonds. The summed E-state index contributed by atoms with van der Waals surface area (Å²) in [6, 6.07) is 10.5. The van der Waals surface area contributed by atoms with Crippen molar-refractivity contribution in [2.45, 2.75) is 26.9 Å². The number of aryl methyl sites for hydroxylation is 2. The Morgan fingerprint density at radius 3 is 2.61 bits per heavy atom. The van der Waals surface area contributed by atoms with Crippen LogP contribution in [0.5, 0.6) is 11.5 Å². The number of hydrogen-bond donors (Lipinski definition) is 0. The Morgan fingerprint density at radius 1 is 1.17 bits per heavy atom. The van der Waals surface area contributed by atoms with E-state index in [1.807, 2.05) is 19.1 Å². The van der Waals surface area contributed by atoms with Crippen LogP contribution in [-0.2, 0) is 17.8 Å². The molecule has 0 aliphatic heterocycles. The van der Waals surface area contributed by atoms with Gasteiger partial charge in [0.2, 0.25) is 0 Å². The molecule has 23 heavy (non-hydrogen) atoms. The van der Waals surface area contributed by atoms with Gasteiger partial charge in [-0.15, -0.1) is 0 Å². The molecule has 122 valence electrons. The third-order valence-corrected chi connectivity index (χ3v) is 3.71. The molecular weight excluding hydrogens is 315 g/mol. The van der Waals surface area contributed by atoms with Crippen LogP contribution in [0.25, 0.3) is 0 Å². The van der Waals surface area contributed by atoms with Crippen LogP contribution < -0.4 is 9.47 Å². The van der Waals surface area contributed by atoms with E-state index in [1.165, 1.54) is 18.7 Å². The van der Waals surface area contributed by atoms with Crippen LogP contribution >= 0.6 is 12.2 Å². The summed E-state index contributed by atoms with van der Waals surface area (Å²) in [5.74, 6) is 0.592. The van der Waals surface area contributed by atoms with E-state index in [-0.39, 0.29) is 11.8 Å². The van der Waals surface area contributed by atoms with Gasteiger partial charge in [0, 0.05) is 12.2 Å². The second kappa shape index (κ2) is 7.92. The van der Waals surface area contributed by atoms with E-state index in [0.717, 1.165) is 12.0 Å². The molecule has 0 saturated carbocycles. The van der Waals surface area contributed by atoms with Gasteiger partial charge >= 0.3 is 5.24 Å². The summed E-state index contributed by atoms with van der Waals surface area (Å²) < 4.78 is 30.0. The van der Waals surface area contributed by atoms with E-state index in [4.69, 9.17) is 26.4 Å². The Labute approximate surface area is 141 Å². The van der Waals surface area contributed by atoms with Crippen molar-refractivity contribution in [3.8, 4) is 11.5 Å². The van der Waals surface area contributed by atoms with Crippen molar-refractivity contribution in [1.29, 1.82) is 0 Å². The highest BCUT2D eigenvalue weighted by molar-refractivity contribution is 7.79. The van der Waals surface area contributed by atoms with Crippen LogP contribution in [0.3, 0.4) is 0 Å². The Kier molecular flexibility index (Phi) is 5.93. The highest BCUT2D eigenvalue weighted by Gasteiger charge is 2.13. The van der Waals surface area contributed by atoms with Gasteiger partial charge in [0.15, 0.2) is 0 Å². The van der Waals surface area contributed by atoms with Crippen molar-refractivity contribution in [3.05, 3.63) is 58.9 Å². The summed E-state index contributed by atoms with van der Waals surface area (Å²) >= 11 is 4.86. The van der Waals surface area contributed by atoms with Crippen molar-refractivity contribution < 1.29 is 18.6 Å². The summed E-state index contributed by atoms with van der Waals surface area (Å²) in [6.07, 6.45) is 0.959. The molecule has 0 N–H and O–H groups in total.